The lowest BCUT2D eigenvalue weighted by Gasteiger charge is -2.16. The van der Waals surface area contributed by atoms with Gasteiger partial charge in [-0.15, -0.1) is 0 Å². The molecule has 0 radical (unpaired) electrons. The van der Waals surface area contributed by atoms with Crippen LogP contribution < -0.4 is 0 Å². The van der Waals surface area contributed by atoms with Gasteiger partial charge in [-0.05, 0) is 68.1 Å². The predicted molar refractivity (Wildman–Crippen MR) is 91.7 cm³/mol. The summed E-state index contributed by atoms with van der Waals surface area (Å²) >= 11 is 17.7. The highest BCUT2D eigenvalue weighted by molar-refractivity contribution is 9.13. The van der Waals surface area contributed by atoms with Crippen LogP contribution in [0.3, 0.4) is 0 Å². The van der Waals surface area contributed by atoms with Crippen LogP contribution in [0.4, 0.5) is 8.78 Å². The first-order chi connectivity index (χ1) is 10.3. The maximum Gasteiger partial charge on any atom is 0.364 e. The lowest BCUT2D eigenvalue weighted by Crippen LogP contribution is -2.15. The van der Waals surface area contributed by atoms with E-state index in [9.17, 15) is 8.78 Å². The van der Waals surface area contributed by atoms with E-state index < -0.39 is 5.38 Å². The van der Waals surface area contributed by atoms with Crippen LogP contribution in [0.2, 0.25) is 5.02 Å². The van der Waals surface area contributed by atoms with Crippen molar-refractivity contribution in [1.29, 1.82) is 0 Å². The molecule has 0 spiro atoms. The molecule has 2 rings (SSSR count). The zero-order valence-corrected chi connectivity index (χ0v) is 16.0. The number of hydrogen-bond donors (Lipinski definition) is 0. The van der Waals surface area contributed by atoms with Gasteiger partial charge in [0.25, 0.3) is 0 Å². The van der Waals surface area contributed by atoms with Crippen molar-refractivity contribution in [2.75, 3.05) is 6.61 Å². The molecular formula is C14H11Br2Cl2F2NO. The molecule has 1 aromatic heterocycles. The topological polar surface area (TPSA) is 14.2 Å². The third-order valence-corrected chi connectivity index (χ3v) is 5.47. The van der Waals surface area contributed by atoms with Gasteiger partial charge in [-0.25, -0.2) is 0 Å². The van der Waals surface area contributed by atoms with Crippen LogP contribution >= 0.6 is 55.1 Å². The van der Waals surface area contributed by atoms with Gasteiger partial charge in [0.15, 0.2) is 0 Å². The quantitative estimate of drug-likeness (QED) is 0.442. The Labute approximate surface area is 153 Å². The van der Waals surface area contributed by atoms with Crippen LogP contribution in [0.25, 0.3) is 11.3 Å². The van der Waals surface area contributed by atoms with Gasteiger partial charge >= 0.3 is 5.38 Å². The average Bonchev–Trinajstić information content (AvgIpc) is 2.69. The lowest BCUT2D eigenvalue weighted by atomic mass is 10.1. The second-order valence-electron chi connectivity index (χ2n) is 4.38. The first-order valence-electron chi connectivity index (χ1n) is 6.25. The van der Waals surface area contributed by atoms with Crippen molar-refractivity contribution in [2.24, 2.45) is 0 Å². The number of rotatable bonds is 5. The van der Waals surface area contributed by atoms with Crippen LogP contribution in [-0.4, -0.2) is 11.2 Å². The normalized spacial score (nSPS) is 12.0. The standard InChI is InChI=1S/C14H11Br2Cl2F2NO/c1-2-22-7-21-12(8-3-5-9(17)6-4-8)10(15)11(16)13(21)14(18,19)20/h3-6H,2,7H2,1H3. The highest BCUT2D eigenvalue weighted by atomic mass is 79.9. The Balaban J connectivity index is 2.69. The molecule has 0 atom stereocenters. The van der Waals surface area contributed by atoms with Crippen LogP contribution in [0.5, 0.6) is 0 Å². The maximum atomic E-state index is 13.8. The van der Waals surface area contributed by atoms with Crippen LogP contribution in [0.1, 0.15) is 12.6 Å². The van der Waals surface area contributed by atoms with Crippen molar-refractivity contribution >= 4 is 55.1 Å². The number of nitrogens with zero attached hydrogens (tertiary/aromatic N) is 1. The molecule has 0 bridgehead atoms. The smallest absolute Gasteiger partial charge is 0.361 e. The molecule has 0 amide bonds. The number of ether oxygens (including phenoxy) is 1. The van der Waals surface area contributed by atoms with E-state index >= 15 is 0 Å². The molecule has 2 nitrogen and oxygen atoms in total. The second-order valence-corrected chi connectivity index (χ2v) is 6.88. The Morgan fingerprint density at radius 2 is 1.77 bits per heavy atom. The van der Waals surface area contributed by atoms with E-state index in [1.54, 1.807) is 31.2 Å². The summed E-state index contributed by atoms with van der Waals surface area (Å²) in [5.74, 6) is 0. The van der Waals surface area contributed by atoms with Gasteiger partial charge in [0.2, 0.25) is 0 Å². The SMILES string of the molecule is CCOCn1c(-c2ccc(Cl)cc2)c(Br)c(Br)c1C(F)(F)Cl. The summed E-state index contributed by atoms with van der Waals surface area (Å²) in [4.78, 5) is 0. The first kappa shape index (κ1) is 18.2. The summed E-state index contributed by atoms with van der Waals surface area (Å²) in [5, 5.41) is -2.98. The molecule has 22 heavy (non-hydrogen) atoms. The number of hydrogen-bond acceptors (Lipinski definition) is 1. The van der Waals surface area contributed by atoms with Crippen LogP contribution in [0.15, 0.2) is 33.2 Å². The Kier molecular flexibility index (Phi) is 5.94. The Bertz CT molecular complexity index is 669. The summed E-state index contributed by atoms with van der Waals surface area (Å²) in [5.41, 5.74) is 0.885. The van der Waals surface area contributed by atoms with E-state index in [0.29, 0.717) is 27.4 Å². The highest BCUT2D eigenvalue weighted by Gasteiger charge is 2.38. The molecule has 0 saturated carbocycles. The molecule has 120 valence electrons. The Morgan fingerprint density at radius 1 is 1.18 bits per heavy atom. The largest absolute Gasteiger partial charge is 0.364 e. The number of alkyl halides is 3. The van der Waals surface area contributed by atoms with Gasteiger partial charge in [0.05, 0.1) is 14.6 Å². The van der Waals surface area contributed by atoms with Gasteiger partial charge in [-0.2, -0.15) is 8.78 Å². The number of benzene rings is 1. The van der Waals surface area contributed by atoms with Gasteiger partial charge in [-0.3, -0.25) is 0 Å². The van der Waals surface area contributed by atoms with Crippen molar-refractivity contribution in [3.8, 4) is 11.3 Å². The third-order valence-electron chi connectivity index (χ3n) is 2.96. The van der Waals surface area contributed by atoms with Gasteiger partial charge in [0.1, 0.15) is 12.4 Å². The molecule has 0 saturated heterocycles. The zero-order valence-electron chi connectivity index (χ0n) is 11.3. The molecule has 0 aliphatic heterocycles. The summed E-state index contributed by atoms with van der Waals surface area (Å²) in [6.07, 6.45) is 0. The maximum absolute atomic E-state index is 13.8. The molecular weight excluding hydrogens is 467 g/mol. The van der Waals surface area contributed by atoms with Crippen molar-refractivity contribution in [3.63, 3.8) is 0 Å². The second kappa shape index (κ2) is 7.18. The molecule has 0 aliphatic carbocycles. The molecule has 0 N–H and O–H groups in total. The summed E-state index contributed by atoms with van der Waals surface area (Å²) < 4.78 is 34.9. The molecule has 0 fully saturated rings. The fourth-order valence-corrected chi connectivity index (χ4v) is 3.75. The fraction of sp³-hybridized carbons (Fsp3) is 0.286. The van der Waals surface area contributed by atoms with Crippen molar-refractivity contribution in [2.45, 2.75) is 19.0 Å². The molecule has 1 aromatic carbocycles. The number of aromatic nitrogens is 1. The average molecular weight is 478 g/mol. The van der Waals surface area contributed by atoms with E-state index in [4.69, 9.17) is 27.9 Å². The summed E-state index contributed by atoms with van der Waals surface area (Å²) in [6.45, 7) is 2.13. The van der Waals surface area contributed by atoms with Crippen LogP contribution in [0, 0.1) is 0 Å². The predicted octanol–water partition coefficient (Wildman–Crippen LogP) is 6.62. The molecule has 2 aromatic rings. The van der Waals surface area contributed by atoms with E-state index in [1.165, 1.54) is 4.57 Å². The zero-order chi connectivity index (χ0) is 16.5. The number of halogens is 6. The third kappa shape index (κ3) is 3.67. The van der Waals surface area contributed by atoms with E-state index in [2.05, 4.69) is 31.9 Å². The van der Waals surface area contributed by atoms with Gasteiger partial charge in [-0.1, -0.05) is 23.7 Å². The van der Waals surface area contributed by atoms with E-state index in [0.717, 1.165) is 0 Å². The monoisotopic (exact) mass is 475 g/mol. The Morgan fingerprint density at radius 3 is 2.27 bits per heavy atom. The van der Waals surface area contributed by atoms with E-state index in [1.807, 2.05) is 0 Å². The van der Waals surface area contributed by atoms with Crippen molar-refractivity contribution < 1.29 is 13.5 Å². The molecule has 0 unspecified atom stereocenters. The Hall–Kier alpha value is -0.140. The van der Waals surface area contributed by atoms with Crippen LogP contribution in [-0.2, 0) is 16.8 Å². The molecule has 1 heterocycles. The first-order valence-corrected chi connectivity index (χ1v) is 8.60. The van der Waals surface area contributed by atoms with Gasteiger partial charge < -0.3 is 9.30 Å². The molecule has 8 heteroatoms. The minimum atomic E-state index is -3.54. The minimum absolute atomic E-state index is 0.0453. The summed E-state index contributed by atoms with van der Waals surface area (Å²) in [7, 11) is 0. The minimum Gasteiger partial charge on any atom is -0.361 e. The van der Waals surface area contributed by atoms with Gasteiger partial charge in [0, 0.05) is 11.6 Å². The lowest BCUT2D eigenvalue weighted by molar-refractivity contribution is 0.0536. The van der Waals surface area contributed by atoms with Crippen molar-refractivity contribution in [3.05, 3.63) is 43.9 Å². The highest BCUT2D eigenvalue weighted by Crippen LogP contribution is 2.47. The van der Waals surface area contributed by atoms with Crippen molar-refractivity contribution in [1.82, 2.24) is 4.57 Å². The fourth-order valence-electron chi connectivity index (χ4n) is 2.04. The molecule has 0 aliphatic rings. The summed E-state index contributed by atoms with van der Waals surface area (Å²) in [6, 6.07) is 6.86. The van der Waals surface area contributed by atoms with E-state index in [-0.39, 0.29) is 16.9 Å².